The highest BCUT2D eigenvalue weighted by atomic mass is 16.3. The molecule has 0 amide bonds. The molecule has 0 aromatic heterocycles. The van der Waals surface area contributed by atoms with Crippen molar-refractivity contribution in [3.8, 4) is 6.07 Å². The summed E-state index contributed by atoms with van der Waals surface area (Å²) in [5, 5.41) is 18.1. The molecule has 0 spiro atoms. The van der Waals surface area contributed by atoms with Crippen LogP contribution in [0.4, 0.5) is 5.69 Å². The largest absolute Gasteiger partial charge is 0.396 e. The number of hydrogen-bond acceptors (Lipinski definition) is 4. The van der Waals surface area contributed by atoms with E-state index < -0.39 is 0 Å². The Kier molecular flexibility index (Phi) is 3.96. The average molecular weight is 244 g/mol. The van der Waals surface area contributed by atoms with Crippen LogP contribution >= 0.6 is 0 Å². The molecule has 94 valence electrons. The number of anilines is 1. The zero-order chi connectivity index (χ0) is 13.0. The van der Waals surface area contributed by atoms with Gasteiger partial charge in [-0.1, -0.05) is 0 Å². The second kappa shape index (κ2) is 5.65. The molecule has 1 N–H and O–H groups in total. The van der Waals surface area contributed by atoms with Gasteiger partial charge in [0.1, 0.15) is 12.4 Å². The number of hydrogen-bond donors (Lipinski definition) is 1. The average Bonchev–Trinajstić information content (AvgIpc) is 2.87. The Balaban J connectivity index is 2.19. The zero-order valence-corrected chi connectivity index (χ0v) is 10.2. The quantitative estimate of drug-likeness (QED) is 0.817. The summed E-state index contributed by atoms with van der Waals surface area (Å²) in [7, 11) is 0. The number of aliphatic hydroxyl groups excluding tert-OH is 1. The molecule has 1 aliphatic heterocycles. The van der Waals surface area contributed by atoms with Crippen molar-refractivity contribution >= 4 is 12.0 Å². The maximum Gasteiger partial charge on any atom is 0.150 e. The number of aliphatic hydroxyl groups is 1. The van der Waals surface area contributed by atoms with Gasteiger partial charge in [0.15, 0.2) is 0 Å². The molecule has 0 saturated carbocycles. The van der Waals surface area contributed by atoms with E-state index in [1.54, 1.807) is 12.1 Å². The fraction of sp³-hybridized carbons (Fsp3) is 0.429. The molecule has 1 fully saturated rings. The van der Waals surface area contributed by atoms with Crippen molar-refractivity contribution in [3.63, 3.8) is 0 Å². The minimum Gasteiger partial charge on any atom is -0.396 e. The number of carbonyl (C=O) groups is 1. The summed E-state index contributed by atoms with van der Waals surface area (Å²) < 4.78 is 0. The lowest BCUT2D eigenvalue weighted by molar-refractivity contribution is 0.112. The van der Waals surface area contributed by atoms with E-state index in [1.807, 2.05) is 6.07 Å². The van der Waals surface area contributed by atoms with Gasteiger partial charge in [0, 0.05) is 25.3 Å². The van der Waals surface area contributed by atoms with Crippen LogP contribution in [-0.4, -0.2) is 31.1 Å². The third kappa shape index (κ3) is 2.52. The van der Waals surface area contributed by atoms with Gasteiger partial charge in [-0.2, -0.15) is 5.26 Å². The third-order valence-corrected chi connectivity index (χ3v) is 3.44. The highest BCUT2D eigenvalue weighted by Crippen LogP contribution is 2.28. The fourth-order valence-electron chi connectivity index (χ4n) is 2.46. The van der Waals surface area contributed by atoms with Crippen molar-refractivity contribution in [1.29, 1.82) is 5.26 Å². The van der Waals surface area contributed by atoms with Crippen molar-refractivity contribution in [2.75, 3.05) is 24.6 Å². The highest BCUT2D eigenvalue weighted by Gasteiger charge is 2.23. The standard InChI is InChI=1S/C14H16N2O2/c15-8-13-7-12(10-18)1-2-14(13)16-5-3-11(9-16)4-6-17/h1-2,7,10-11,17H,3-6,9H2. The molecule has 1 atom stereocenters. The second-order valence-corrected chi connectivity index (χ2v) is 4.62. The Bertz CT molecular complexity index is 479. The van der Waals surface area contributed by atoms with Crippen LogP contribution in [0, 0.1) is 17.2 Å². The van der Waals surface area contributed by atoms with E-state index in [2.05, 4.69) is 11.0 Å². The zero-order valence-electron chi connectivity index (χ0n) is 10.2. The highest BCUT2D eigenvalue weighted by molar-refractivity contribution is 5.78. The molecule has 0 aliphatic carbocycles. The monoisotopic (exact) mass is 244 g/mol. The summed E-state index contributed by atoms with van der Waals surface area (Å²) in [4.78, 5) is 12.9. The predicted octanol–water partition coefficient (Wildman–Crippen LogP) is 1.58. The molecule has 1 heterocycles. The molecule has 4 nitrogen and oxygen atoms in total. The Morgan fingerprint density at radius 3 is 3.06 bits per heavy atom. The van der Waals surface area contributed by atoms with E-state index in [-0.39, 0.29) is 6.61 Å². The van der Waals surface area contributed by atoms with Crippen LogP contribution in [0.15, 0.2) is 18.2 Å². The molecule has 1 aromatic carbocycles. The van der Waals surface area contributed by atoms with Gasteiger partial charge in [-0.15, -0.1) is 0 Å². The predicted molar refractivity (Wildman–Crippen MR) is 68.6 cm³/mol. The molecule has 1 saturated heterocycles. The summed E-state index contributed by atoms with van der Waals surface area (Å²) in [5.74, 6) is 0.493. The van der Waals surface area contributed by atoms with E-state index in [0.29, 0.717) is 17.0 Å². The fourth-order valence-corrected chi connectivity index (χ4v) is 2.46. The third-order valence-electron chi connectivity index (χ3n) is 3.44. The van der Waals surface area contributed by atoms with E-state index >= 15 is 0 Å². The number of benzene rings is 1. The number of carbonyl (C=O) groups excluding carboxylic acids is 1. The first-order valence-electron chi connectivity index (χ1n) is 6.13. The summed E-state index contributed by atoms with van der Waals surface area (Å²) in [6.07, 6.45) is 2.61. The van der Waals surface area contributed by atoms with E-state index in [4.69, 9.17) is 10.4 Å². The van der Waals surface area contributed by atoms with Crippen LogP contribution < -0.4 is 4.90 Å². The summed E-state index contributed by atoms with van der Waals surface area (Å²) in [6.45, 7) is 1.99. The lowest BCUT2D eigenvalue weighted by Crippen LogP contribution is -2.21. The van der Waals surface area contributed by atoms with Crippen molar-refractivity contribution in [3.05, 3.63) is 29.3 Å². The van der Waals surface area contributed by atoms with E-state index in [1.165, 1.54) is 0 Å². The molecule has 18 heavy (non-hydrogen) atoms. The van der Waals surface area contributed by atoms with Gasteiger partial charge >= 0.3 is 0 Å². The SMILES string of the molecule is N#Cc1cc(C=O)ccc1N1CCC(CCO)C1. The first kappa shape index (κ1) is 12.6. The normalized spacial score (nSPS) is 18.7. The van der Waals surface area contributed by atoms with Crippen LogP contribution in [0.1, 0.15) is 28.8 Å². The first-order chi connectivity index (χ1) is 8.78. The molecule has 0 radical (unpaired) electrons. The smallest absolute Gasteiger partial charge is 0.150 e. The minimum atomic E-state index is 0.216. The van der Waals surface area contributed by atoms with Crippen LogP contribution in [0.5, 0.6) is 0 Å². The van der Waals surface area contributed by atoms with Gasteiger partial charge in [-0.05, 0) is 37.0 Å². The van der Waals surface area contributed by atoms with E-state index in [9.17, 15) is 4.79 Å². The molecule has 0 bridgehead atoms. The van der Waals surface area contributed by atoms with Gasteiger partial charge in [0.05, 0.1) is 11.3 Å². The van der Waals surface area contributed by atoms with Crippen molar-refractivity contribution in [2.24, 2.45) is 5.92 Å². The maximum absolute atomic E-state index is 10.7. The van der Waals surface area contributed by atoms with Crippen LogP contribution in [0.3, 0.4) is 0 Å². The molecule has 1 aliphatic rings. The Morgan fingerprint density at radius 2 is 2.39 bits per heavy atom. The first-order valence-corrected chi connectivity index (χ1v) is 6.13. The molecular weight excluding hydrogens is 228 g/mol. The van der Waals surface area contributed by atoms with Crippen molar-refractivity contribution in [2.45, 2.75) is 12.8 Å². The molecule has 4 heteroatoms. The Labute approximate surface area is 106 Å². The van der Waals surface area contributed by atoms with Gasteiger partial charge in [-0.3, -0.25) is 4.79 Å². The van der Waals surface area contributed by atoms with Crippen molar-refractivity contribution < 1.29 is 9.90 Å². The van der Waals surface area contributed by atoms with Crippen LogP contribution in [0.2, 0.25) is 0 Å². The summed E-state index contributed by atoms with van der Waals surface area (Å²) in [5.41, 5.74) is 1.97. The van der Waals surface area contributed by atoms with Gasteiger partial charge in [0.2, 0.25) is 0 Å². The second-order valence-electron chi connectivity index (χ2n) is 4.62. The Morgan fingerprint density at radius 1 is 1.56 bits per heavy atom. The number of aldehydes is 1. The topological polar surface area (TPSA) is 64.3 Å². The molecule has 2 rings (SSSR count). The Hall–Kier alpha value is -1.86. The summed E-state index contributed by atoms with van der Waals surface area (Å²) >= 11 is 0. The summed E-state index contributed by atoms with van der Waals surface area (Å²) in [6, 6.07) is 7.35. The van der Waals surface area contributed by atoms with Crippen molar-refractivity contribution in [1.82, 2.24) is 0 Å². The minimum absolute atomic E-state index is 0.216. The number of rotatable bonds is 4. The molecule has 1 unspecified atom stereocenters. The number of nitriles is 1. The lowest BCUT2D eigenvalue weighted by atomic mass is 10.1. The van der Waals surface area contributed by atoms with Gasteiger partial charge < -0.3 is 10.0 Å². The maximum atomic E-state index is 10.7. The lowest BCUT2D eigenvalue weighted by Gasteiger charge is -2.20. The van der Waals surface area contributed by atoms with Gasteiger partial charge in [0.25, 0.3) is 0 Å². The van der Waals surface area contributed by atoms with Gasteiger partial charge in [-0.25, -0.2) is 0 Å². The van der Waals surface area contributed by atoms with E-state index in [0.717, 1.165) is 37.9 Å². The molecule has 1 aromatic rings. The number of nitrogens with zero attached hydrogens (tertiary/aromatic N) is 2. The van der Waals surface area contributed by atoms with Crippen LogP contribution in [-0.2, 0) is 0 Å². The molecular formula is C14H16N2O2. The van der Waals surface area contributed by atoms with Crippen LogP contribution in [0.25, 0.3) is 0 Å².